The Labute approximate surface area is 227 Å². The molecular weight excluding hydrogens is 504 g/mol. The van der Waals surface area contributed by atoms with Crippen LogP contribution in [0.25, 0.3) is 10.9 Å². The van der Waals surface area contributed by atoms with Crippen LogP contribution < -0.4 is 14.3 Å². The van der Waals surface area contributed by atoms with Gasteiger partial charge < -0.3 is 24.3 Å². The van der Waals surface area contributed by atoms with Crippen LogP contribution >= 0.6 is 11.6 Å². The number of halogens is 1. The topological polar surface area (TPSA) is 73.2 Å². The van der Waals surface area contributed by atoms with E-state index in [1.165, 1.54) is 4.73 Å². The summed E-state index contributed by atoms with van der Waals surface area (Å²) >= 11 is 6.03. The lowest BCUT2D eigenvalue weighted by Gasteiger charge is -2.33. The molecule has 1 unspecified atom stereocenters. The van der Waals surface area contributed by atoms with Gasteiger partial charge in [0.1, 0.15) is 24.2 Å². The van der Waals surface area contributed by atoms with E-state index >= 15 is 0 Å². The van der Waals surface area contributed by atoms with E-state index in [1.54, 1.807) is 30.5 Å². The highest BCUT2D eigenvalue weighted by Crippen LogP contribution is 2.27. The van der Waals surface area contributed by atoms with E-state index in [9.17, 15) is 9.90 Å². The predicted octanol–water partition coefficient (Wildman–Crippen LogP) is 5.09. The summed E-state index contributed by atoms with van der Waals surface area (Å²) in [5.41, 5.74) is 1.19. The van der Waals surface area contributed by atoms with Crippen molar-refractivity contribution in [1.29, 1.82) is 0 Å². The Bertz CT molecular complexity index is 1350. The number of carbonyl (C=O) groups excluding carboxylic acids is 1. The third-order valence-corrected chi connectivity index (χ3v) is 6.97. The summed E-state index contributed by atoms with van der Waals surface area (Å²) in [6.45, 7) is 3.21. The predicted molar refractivity (Wildman–Crippen MR) is 147 cm³/mol. The first-order chi connectivity index (χ1) is 18.5. The lowest BCUT2D eigenvalue weighted by atomic mass is 9.97. The molecule has 4 aromatic rings. The fraction of sp³-hybridized carbons (Fsp3) is 0.300. The van der Waals surface area contributed by atoms with E-state index in [1.807, 2.05) is 54.6 Å². The lowest BCUT2D eigenvalue weighted by Crippen LogP contribution is -2.41. The van der Waals surface area contributed by atoms with Gasteiger partial charge in [-0.15, -0.1) is 0 Å². The number of β-amino-alcohol motifs (C(OH)–C–C–N with tert-alkyl or cyclic N) is 1. The van der Waals surface area contributed by atoms with Gasteiger partial charge in [-0.05, 0) is 80.4 Å². The molecule has 8 heteroatoms. The van der Waals surface area contributed by atoms with Gasteiger partial charge in [-0.1, -0.05) is 41.9 Å². The first-order valence-electron chi connectivity index (χ1n) is 12.8. The van der Waals surface area contributed by atoms with E-state index in [0.29, 0.717) is 40.9 Å². The normalized spacial score (nSPS) is 15.3. The van der Waals surface area contributed by atoms with Crippen molar-refractivity contribution in [2.75, 3.05) is 32.8 Å². The number of aliphatic hydroxyl groups excluding tert-OH is 1. The number of likely N-dealkylation sites (tertiary alicyclic amines) is 1. The van der Waals surface area contributed by atoms with Crippen molar-refractivity contribution in [3.8, 4) is 11.5 Å². The van der Waals surface area contributed by atoms with Crippen molar-refractivity contribution >= 4 is 28.5 Å². The summed E-state index contributed by atoms with van der Waals surface area (Å²) in [6, 6.07) is 23.7. The Morgan fingerprint density at radius 3 is 2.55 bits per heavy atom. The average molecular weight is 535 g/mol. The number of piperidine rings is 1. The molecule has 7 nitrogen and oxygen atoms in total. The summed E-state index contributed by atoms with van der Waals surface area (Å²) < 4.78 is 13.3. The molecule has 0 radical (unpaired) electrons. The number of ether oxygens (including phenoxy) is 2. The van der Waals surface area contributed by atoms with Gasteiger partial charge in [-0.2, -0.15) is 4.73 Å². The summed E-state index contributed by atoms with van der Waals surface area (Å²) in [5, 5.41) is 12.1. The molecule has 38 heavy (non-hydrogen) atoms. The van der Waals surface area contributed by atoms with E-state index in [2.05, 4.69) is 4.90 Å². The molecule has 2 heterocycles. The number of aromatic nitrogens is 1. The molecule has 0 saturated carbocycles. The monoisotopic (exact) mass is 534 g/mol. The Kier molecular flexibility index (Phi) is 8.48. The fourth-order valence-electron chi connectivity index (χ4n) is 4.68. The Hall–Kier alpha value is -3.52. The van der Waals surface area contributed by atoms with Crippen LogP contribution in [0.1, 0.15) is 23.2 Å². The van der Waals surface area contributed by atoms with Crippen molar-refractivity contribution in [1.82, 2.24) is 9.63 Å². The highest BCUT2D eigenvalue weighted by Gasteiger charge is 2.22. The van der Waals surface area contributed by atoms with Gasteiger partial charge in [0.05, 0.1) is 17.7 Å². The van der Waals surface area contributed by atoms with Crippen LogP contribution in [0.5, 0.6) is 11.5 Å². The minimum absolute atomic E-state index is 0.173. The molecule has 1 N–H and O–H groups in total. The number of nitrogens with zero attached hydrogens (tertiary/aromatic N) is 2. The average Bonchev–Trinajstić information content (AvgIpc) is 3.35. The largest absolute Gasteiger partial charge is 0.493 e. The Morgan fingerprint density at radius 1 is 0.974 bits per heavy atom. The summed E-state index contributed by atoms with van der Waals surface area (Å²) in [4.78, 5) is 20.3. The minimum Gasteiger partial charge on any atom is -0.493 e. The first kappa shape index (κ1) is 26.1. The molecule has 198 valence electrons. The molecule has 0 amide bonds. The third-order valence-electron chi connectivity index (χ3n) is 6.74. The molecule has 0 aliphatic carbocycles. The zero-order valence-electron chi connectivity index (χ0n) is 21.0. The quantitative estimate of drug-likeness (QED) is 0.305. The van der Waals surface area contributed by atoms with Crippen LogP contribution in [0.15, 0.2) is 85.1 Å². The highest BCUT2D eigenvalue weighted by molar-refractivity contribution is 6.30. The van der Waals surface area contributed by atoms with Crippen LogP contribution in [0.3, 0.4) is 0 Å². The smallest absolute Gasteiger partial charge is 0.363 e. The second-order valence-electron chi connectivity index (χ2n) is 9.55. The molecule has 3 aromatic carbocycles. The Morgan fingerprint density at radius 2 is 1.76 bits per heavy atom. The van der Waals surface area contributed by atoms with Crippen molar-refractivity contribution in [3.63, 3.8) is 0 Å². The van der Waals surface area contributed by atoms with E-state index in [4.69, 9.17) is 25.9 Å². The van der Waals surface area contributed by atoms with E-state index < -0.39 is 12.1 Å². The second-order valence-corrected chi connectivity index (χ2v) is 9.99. The van der Waals surface area contributed by atoms with Crippen molar-refractivity contribution < 1.29 is 24.2 Å². The summed E-state index contributed by atoms with van der Waals surface area (Å²) in [7, 11) is 0. The highest BCUT2D eigenvalue weighted by atomic mass is 35.5. The van der Waals surface area contributed by atoms with Crippen molar-refractivity contribution in [2.24, 2.45) is 5.92 Å². The maximum absolute atomic E-state index is 12.5. The van der Waals surface area contributed by atoms with Crippen LogP contribution in [-0.4, -0.2) is 59.7 Å². The van der Waals surface area contributed by atoms with Crippen LogP contribution in [-0.2, 0) is 0 Å². The molecule has 1 aliphatic rings. The molecule has 1 atom stereocenters. The number of carbonyl (C=O) groups is 1. The number of hydrogen-bond donors (Lipinski definition) is 1. The van der Waals surface area contributed by atoms with Gasteiger partial charge >= 0.3 is 5.97 Å². The second kappa shape index (κ2) is 12.3. The number of aliphatic hydroxyl groups is 1. The molecule has 1 saturated heterocycles. The molecule has 5 rings (SSSR count). The SMILES string of the molecule is O=C(On1ccc2c(OCC(O)CN3CCC(COc4cccc(Cl)c4)CC3)cccc21)c1ccccc1. The number of fused-ring (bicyclic) bond motifs is 1. The molecule has 0 spiro atoms. The lowest BCUT2D eigenvalue weighted by molar-refractivity contribution is 0.0482. The molecule has 0 bridgehead atoms. The standard InChI is InChI=1S/C30H31ClN2O5/c31-24-8-4-9-26(18-24)36-20-22-12-15-32(16-13-22)19-25(34)21-37-29-11-5-10-28-27(29)14-17-33(28)38-30(35)23-6-2-1-3-7-23/h1-11,14,17-18,22,25,34H,12-13,15-16,19-21H2. The van der Waals surface area contributed by atoms with Gasteiger partial charge in [0, 0.05) is 23.2 Å². The fourth-order valence-corrected chi connectivity index (χ4v) is 4.86. The van der Waals surface area contributed by atoms with Gasteiger partial charge in [-0.3, -0.25) is 0 Å². The van der Waals surface area contributed by atoms with Crippen LogP contribution in [0.4, 0.5) is 0 Å². The third kappa shape index (κ3) is 6.67. The summed E-state index contributed by atoms with van der Waals surface area (Å²) in [6.07, 6.45) is 3.10. The maximum Gasteiger partial charge on any atom is 0.363 e. The maximum atomic E-state index is 12.5. The zero-order chi connectivity index (χ0) is 26.3. The van der Waals surface area contributed by atoms with E-state index in [-0.39, 0.29) is 6.61 Å². The number of rotatable bonds is 10. The molecule has 1 fully saturated rings. The van der Waals surface area contributed by atoms with Crippen molar-refractivity contribution in [3.05, 3.63) is 95.6 Å². The number of benzene rings is 3. The molecule has 1 aromatic heterocycles. The number of hydrogen-bond acceptors (Lipinski definition) is 6. The molecular formula is C30H31ClN2O5. The van der Waals surface area contributed by atoms with Gasteiger partial charge in [0.2, 0.25) is 0 Å². The van der Waals surface area contributed by atoms with Crippen LogP contribution in [0.2, 0.25) is 5.02 Å². The van der Waals surface area contributed by atoms with E-state index in [0.717, 1.165) is 37.1 Å². The van der Waals surface area contributed by atoms with Gasteiger partial charge in [0.15, 0.2) is 0 Å². The first-order valence-corrected chi connectivity index (χ1v) is 13.2. The Balaban J connectivity index is 1.08. The van der Waals surface area contributed by atoms with Gasteiger partial charge in [0.25, 0.3) is 0 Å². The van der Waals surface area contributed by atoms with Crippen molar-refractivity contribution in [2.45, 2.75) is 18.9 Å². The zero-order valence-corrected chi connectivity index (χ0v) is 21.8. The molecule has 1 aliphatic heterocycles. The van der Waals surface area contributed by atoms with Crippen LogP contribution in [0, 0.1) is 5.92 Å². The van der Waals surface area contributed by atoms with Gasteiger partial charge in [-0.25, -0.2) is 4.79 Å². The minimum atomic E-state index is -0.623. The summed E-state index contributed by atoms with van der Waals surface area (Å²) in [5.74, 6) is 1.47.